The Morgan fingerprint density at radius 1 is 1.42 bits per heavy atom. The Morgan fingerprint density at radius 3 is 2.58 bits per heavy atom. The zero-order chi connectivity index (χ0) is 14.6. The summed E-state index contributed by atoms with van der Waals surface area (Å²) in [6, 6.07) is 3.82. The lowest BCUT2D eigenvalue weighted by Crippen LogP contribution is -2.14. The summed E-state index contributed by atoms with van der Waals surface area (Å²) in [6.45, 7) is 4.30. The first-order valence-corrected chi connectivity index (χ1v) is 7.63. The molecule has 0 aliphatic heterocycles. The second-order valence-corrected chi connectivity index (χ2v) is 6.45. The fourth-order valence-electron chi connectivity index (χ4n) is 1.32. The Labute approximate surface area is 117 Å². The number of carbonyl (C=O) groups is 1. The van der Waals surface area contributed by atoms with Gasteiger partial charge in [0.25, 0.3) is 0 Å². The maximum absolute atomic E-state index is 11.7. The molecule has 7 heteroatoms. The number of nitrogens with two attached hydrogens (primary N) is 1. The number of primary sulfonamides is 1. The Bertz CT molecular complexity index is 569. The first kappa shape index (κ1) is 15.9. The highest BCUT2D eigenvalue weighted by Gasteiger charge is 2.17. The van der Waals surface area contributed by atoms with Crippen LogP contribution in [-0.2, 0) is 14.8 Å². The number of hydrogen-bond acceptors (Lipinski definition) is 4. The number of rotatable bonds is 5. The average molecular weight is 306 g/mol. The Hall–Kier alpha value is -1.11. The molecule has 0 atom stereocenters. The third-order valence-electron chi connectivity index (χ3n) is 2.40. The van der Waals surface area contributed by atoms with E-state index < -0.39 is 16.0 Å². The van der Waals surface area contributed by atoms with Gasteiger partial charge in [-0.05, 0) is 30.5 Å². The van der Waals surface area contributed by atoms with Crippen molar-refractivity contribution in [1.29, 1.82) is 0 Å². The minimum Gasteiger partial charge on any atom is -0.462 e. The minimum absolute atomic E-state index is 0.0266. The number of benzene rings is 1. The molecule has 1 aromatic carbocycles. The number of ether oxygens (including phenoxy) is 1. The van der Waals surface area contributed by atoms with Gasteiger partial charge in [-0.15, -0.1) is 0 Å². The summed E-state index contributed by atoms with van der Waals surface area (Å²) in [6.07, 6.45) is 0.737. The molecule has 2 N–H and O–H groups in total. The van der Waals surface area contributed by atoms with Crippen molar-refractivity contribution in [3.8, 4) is 0 Å². The van der Waals surface area contributed by atoms with Crippen molar-refractivity contribution >= 4 is 27.6 Å². The third-order valence-corrected chi connectivity index (χ3v) is 3.79. The lowest BCUT2D eigenvalue weighted by atomic mass is 10.1. The maximum atomic E-state index is 11.7. The first-order valence-electron chi connectivity index (χ1n) is 5.71. The predicted molar refractivity (Wildman–Crippen MR) is 72.6 cm³/mol. The summed E-state index contributed by atoms with van der Waals surface area (Å²) >= 11 is 5.72. The molecule has 0 radical (unpaired) electrons. The first-order chi connectivity index (χ1) is 8.71. The Kier molecular flexibility index (Phi) is 5.34. The molecule has 0 spiro atoms. The molecule has 0 aliphatic carbocycles. The van der Waals surface area contributed by atoms with Crippen molar-refractivity contribution in [2.45, 2.75) is 25.2 Å². The van der Waals surface area contributed by atoms with Crippen LogP contribution in [0.2, 0.25) is 5.02 Å². The molecule has 0 aromatic heterocycles. The average Bonchev–Trinajstić information content (AvgIpc) is 2.27. The summed E-state index contributed by atoms with van der Waals surface area (Å²) in [5.74, 6) is -0.180. The van der Waals surface area contributed by atoms with Gasteiger partial charge in [-0.3, -0.25) is 0 Å². The smallest absolute Gasteiger partial charge is 0.338 e. The van der Waals surface area contributed by atoms with Crippen molar-refractivity contribution in [2.24, 2.45) is 11.1 Å². The molecule has 0 saturated heterocycles. The molecular formula is C12H16ClNO4S. The van der Waals surface area contributed by atoms with Crippen molar-refractivity contribution in [3.05, 3.63) is 28.8 Å². The highest BCUT2D eigenvalue weighted by Crippen LogP contribution is 2.21. The molecule has 0 bridgehead atoms. The summed E-state index contributed by atoms with van der Waals surface area (Å²) in [4.78, 5) is 11.4. The standard InChI is InChI=1S/C12H16ClNO4S/c1-8(2)5-6-18-12(15)9-3-4-10(13)11(7-9)19(14,16)17/h3-4,7-8H,5-6H2,1-2H3,(H2,14,16,17). The number of hydrogen-bond donors (Lipinski definition) is 1. The van der Waals surface area contributed by atoms with Crippen LogP contribution in [0.25, 0.3) is 0 Å². The largest absolute Gasteiger partial charge is 0.462 e. The molecule has 0 fully saturated rings. The molecule has 19 heavy (non-hydrogen) atoms. The molecule has 5 nitrogen and oxygen atoms in total. The number of halogens is 1. The maximum Gasteiger partial charge on any atom is 0.338 e. The lowest BCUT2D eigenvalue weighted by Gasteiger charge is -2.08. The molecule has 0 saturated carbocycles. The van der Waals surface area contributed by atoms with E-state index in [2.05, 4.69) is 0 Å². The lowest BCUT2D eigenvalue weighted by molar-refractivity contribution is 0.0488. The van der Waals surface area contributed by atoms with Gasteiger partial charge in [0.05, 0.1) is 17.2 Å². The van der Waals surface area contributed by atoms with E-state index in [9.17, 15) is 13.2 Å². The van der Waals surface area contributed by atoms with Gasteiger partial charge >= 0.3 is 5.97 Å². The van der Waals surface area contributed by atoms with Gasteiger partial charge in [-0.2, -0.15) is 0 Å². The number of carbonyl (C=O) groups excluding carboxylic acids is 1. The molecule has 1 aromatic rings. The van der Waals surface area contributed by atoms with Crippen LogP contribution in [0.15, 0.2) is 23.1 Å². The van der Waals surface area contributed by atoms with Crippen LogP contribution in [0.4, 0.5) is 0 Å². The molecular weight excluding hydrogens is 290 g/mol. The van der Waals surface area contributed by atoms with Gasteiger partial charge in [0.15, 0.2) is 0 Å². The molecule has 0 heterocycles. The summed E-state index contributed by atoms with van der Waals surface area (Å²) in [7, 11) is -3.96. The van der Waals surface area contributed by atoms with Crippen LogP contribution >= 0.6 is 11.6 Å². The van der Waals surface area contributed by atoms with Crippen molar-refractivity contribution < 1.29 is 17.9 Å². The predicted octanol–water partition coefficient (Wildman–Crippen LogP) is 2.19. The van der Waals surface area contributed by atoms with E-state index in [0.717, 1.165) is 12.5 Å². The van der Waals surface area contributed by atoms with Crippen molar-refractivity contribution in [3.63, 3.8) is 0 Å². The van der Waals surface area contributed by atoms with E-state index in [0.29, 0.717) is 5.92 Å². The zero-order valence-electron chi connectivity index (χ0n) is 10.7. The van der Waals surface area contributed by atoms with E-state index in [-0.39, 0.29) is 22.1 Å². The summed E-state index contributed by atoms with van der Waals surface area (Å²) in [5.41, 5.74) is 0.109. The highest BCUT2D eigenvalue weighted by molar-refractivity contribution is 7.89. The normalized spacial score (nSPS) is 11.6. The topological polar surface area (TPSA) is 86.5 Å². The summed E-state index contributed by atoms with van der Waals surface area (Å²) < 4.78 is 27.6. The number of sulfonamides is 1. The fourth-order valence-corrected chi connectivity index (χ4v) is 2.39. The van der Waals surface area contributed by atoms with Crippen molar-refractivity contribution in [1.82, 2.24) is 0 Å². The second-order valence-electron chi connectivity index (χ2n) is 4.51. The van der Waals surface area contributed by atoms with Gasteiger partial charge in [-0.1, -0.05) is 25.4 Å². The molecule has 1 rings (SSSR count). The van der Waals surface area contributed by atoms with E-state index >= 15 is 0 Å². The van der Waals surface area contributed by atoms with Gasteiger partial charge in [-0.25, -0.2) is 18.4 Å². The van der Waals surface area contributed by atoms with Crippen molar-refractivity contribution in [2.75, 3.05) is 6.61 Å². The van der Waals surface area contributed by atoms with Gasteiger partial charge in [0.2, 0.25) is 10.0 Å². The zero-order valence-corrected chi connectivity index (χ0v) is 12.3. The van der Waals surface area contributed by atoms with Gasteiger partial charge in [0, 0.05) is 0 Å². The fraction of sp³-hybridized carbons (Fsp3) is 0.417. The molecule has 106 valence electrons. The van der Waals surface area contributed by atoms with Crippen LogP contribution in [0.1, 0.15) is 30.6 Å². The van der Waals surface area contributed by atoms with E-state index in [1.807, 2.05) is 13.8 Å². The van der Waals surface area contributed by atoms with Crippen LogP contribution in [0.3, 0.4) is 0 Å². The van der Waals surface area contributed by atoms with Crippen LogP contribution in [0.5, 0.6) is 0 Å². The molecule has 0 unspecified atom stereocenters. The quantitative estimate of drug-likeness (QED) is 0.845. The SMILES string of the molecule is CC(C)CCOC(=O)c1ccc(Cl)c(S(N)(=O)=O)c1. The van der Waals surface area contributed by atoms with E-state index in [1.165, 1.54) is 12.1 Å². The van der Waals surface area contributed by atoms with Crippen LogP contribution < -0.4 is 5.14 Å². The van der Waals surface area contributed by atoms with Crippen LogP contribution in [0, 0.1) is 5.92 Å². The Balaban J connectivity index is 2.88. The minimum atomic E-state index is -3.96. The third kappa shape index (κ3) is 4.81. The summed E-state index contributed by atoms with van der Waals surface area (Å²) in [5, 5.41) is 4.98. The number of esters is 1. The second kappa shape index (κ2) is 6.36. The van der Waals surface area contributed by atoms with E-state index in [4.69, 9.17) is 21.5 Å². The van der Waals surface area contributed by atoms with Gasteiger partial charge < -0.3 is 4.74 Å². The van der Waals surface area contributed by atoms with Crippen LogP contribution in [-0.4, -0.2) is 21.0 Å². The monoisotopic (exact) mass is 305 g/mol. The van der Waals surface area contributed by atoms with Gasteiger partial charge in [0.1, 0.15) is 4.90 Å². The molecule has 0 amide bonds. The molecule has 0 aliphatic rings. The highest BCUT2D eigenvalue weighted by atomic mass is 35.5. The van der Waals surface area contributed by atoms with E-state index in [1.54, 1.807) is 0 Å². The Morgan fingerprint density at radius 2 is 2.05 bits per heavy atom.